The molecular weight excluding hydrogens is 382 g/mol. The van der Waals surface area contributed by atoms with Gasteiger partial charge >= 0.3 is 11.9 Å². The van der Waals surface area contributed by atoms with Gasteiger partial charge in [-0.2, -0.15) is 5.26 Å². The zero-order valence-electron chi connectivity index (χ0n) is 16.5. The molecule has 0 radical (unpaired) electrons. The molecule has 0 aliphatic rings. The number of hydrogen-bond donors (Lipinski definition) is 0. The van der Waals surface area contributed by atoms with Gasteiger partial charge < -0.3 is 14.2 Å². The molecule has 3 rings (SSSR count). The van der Waals surface area contributed by atoms with E-state index in [0.29, 0.717) is 11.3 Å². The maximum Gasteiger partial charge on any atom is 0.343 e. The van der Waals surface area contributed by atoms with Crippen LogP contribution in [0.4, 0.5) is 0 Å². The van der Waals surface area contributed by atoms with Crippen molar-refractivity contribution < 1.29 is 23.8 Å². The van der Waals surface area contributed by atoms with Crippen LogP contribution in [0.2, 0.25) is 0 Å². The molecule has 0 aliphatic carbocycles. The number of carbonyl (C=O) groups is 2. The lowest BCUT2D eigenvalue weighted by Crippen LogP contribution is -2.11. The van der Waals surface area contributed by atoms with Crippen LogP contribution in [-0.2, 0) is 6.42 Å². The summed E-state index contributed by atoms with van der Waals surface area (Å²) < 4.78 is 16.0. The Balaban J connectivity index is 1.73. The highest BCUT2D eigenvalue weighted by Crippen LogP contribution is 2.29. The maximum absolute atomic E-state index is 12.4. The molecule has 0 unspecified atom stereocenters. The van der Waals surface area contributed by atoms with E-state index in [2.05, 4.69) is 0 Å². The Labute approximate surface area is 174 Å². The van der Waals surface area contributed by atoms with Gasteiger partial charge in [-0.3, -0.25) is 0 Å². The van der Waals surface area contributed by atoms with Gasteiger partial charge in [0.05, 0.1) is 29.9 Å². The van der Waals surface area contributed by atoms with Crippen molar-refractivity contribution in [2.75, 3.05) is 7.11 Å². The third-order valence-electron chi connectivity index (χ3n) is 4.39. The molecule has 30 heavy (non-hydrogen) atoms. The number of benzene rings is 3. The van der Waals surface area contributed by atoms with Crippen LogP contribution in [0.1, 0.15) is 38.8 Å². The molecule has 0 saturated carbocycles. The molecule has 0 bridgehead atoms. The first-order chi connectivity index (χ1) is 14.5. The highest BCUT2D eigenvalue weighted by atomic mass is 16.6. The zero-order chi connectivity index (χ0) is 21.5. The lowest BCUT2D eigenvalue weighted by Gasteiger charge is -2.11. The summed E-state index contributed by atoms with van der Waals surface area (Å²) in [5.74, 6) is -0.345. The van der Waals surface area contributed by atoms with Crippen LogP contribution < -0.4 is 14.2 Å². The molecule has 0 heterocycles. The van der Waals surface area contributed by atoms with Gasteiger partial charge in [0.25, 0.3) is 0 Å². The lowest BCUT2D eigenvalue weighted by atomic mass is 10.1. The molecule has 3 aromatic rings. The normalized spacial score (nSPS) is 10.0. The Morgan fingerprint density at radius 3 is 2.07 bits per heavy atom. The summed E-state index contributed by atoms with van der Waals surface area (Å²) in [5.41, 5.74) is 2.13. The summed E-state index contributed by atoms with van der Waals surface area (Å²) in [5, 5.41) is 8.84. The summed E-state index contributed by atoms with van der Waals surface area (Å²) in [4.78, 5) is 24.8. The Bertz CT molecular complexity index is 1100. The van der Waals surface area contributed by atoms with Crippen molar-refractivity contribution in [2.24, 2.45) is 0 Å². The standard InChI is InChI=1S/C24H19NO5/c1-3-16-6-11-20(12-7-16)29-24(27)19-10-13-21(22(14-19)28-2)30-23(26)18-8-4-17(15-25)5-9-18/h4-14H,3H2,1-2H3. The molecule has 0 aromatic heterocycles. The van der Waals surface area contributed by atoms with Crippen LogP contribution in [0.3, 0.4) is 0 Å². The number of esters is 2. The molecule has 0 fully saturated rings. The van der Waals surface area contributed by atoms with E-state index in [0.717, 1.165) is 12.0 Å². The molecule has 6 heteroatoms. The Morgan fingerprint density at radius 1 is 0.833 bits per heavy atom. The van der Waals surface area contributed by atoms with E-state index in [1.165, 1.54) is 49.6 Å². The fraction of sp³-hybridized carbons (Fsp3) is 0.125. The maximum atomic E-state index is 12.4. The zero-order valence-corrected chi connectivity index (χ0v) is 16.5. The van der Waals surface area contributed by atoms with E-state index in [9.17, 15) is 9.59 Å². The molecule has 0 amide bonds. The van der Waals surface area contributed by atoms with Crippen molar-refractivity contribution in [3.05, 3.63) is 89.0 Å². The van der Waals surface area contributed by atoms with E-state index in [4.69, 9.17) is 19.5 Å². The second-order valence-electron chi connectivity index (χ2n) is 6.33. The fourth-order valence-electron chi connectivity index (χ4n) is 2.68. The average Bonchev–Trinajstić information content (AvgIpc) is 2.79. The van der Waals surface area contributed by atoms with Gasteiger partial charge in [-0.15, -0.1) is 0 Å². The van der Waals surface area contributed by atoms with E-state index >= 15 is 0 Å². The largest absolute Gasteiger partial charge is 0.493 e. The molecular formula is C24H19NO5. The van der Waals surface area contributed by atoms with Crippen LogP contribution in [-0.4, -0.2) is 19.0 Å². The van der Waals surface area contributed by atoms with E-state index in [-0.39, 0.29) is 22.6 Å². The Morgan fingerprint density at radius 2 is 1.47 bits per heavy atom. The summed E-state index contributed by atoms with van der Waals surface area (Å²) in [6.45, 7) is 2.04. The average molecular weight is 401 g/mol. The highest BCUT2D eigenvalue weighted by molar-refractivity contribution is 5.93. The number of aryl methyl sites for hydroxylation is 1. The Kier molecular flexibility index (Phi) is 6.46. The molecule has 0 aliphatic heterocycles. The quantitative estimate of drug-likeness (QED) is 0.444. The topological polar surface area (TPSA) is 85.6 Å². The number of carbonyl (C=O) groups excluding carboxylic acids is 2. The molecule has 0 saturated heterocycles. The van der Waals surface area contributed by atoms with Crippen molar-refractivity contribution in [3.8, 4) is 23.3 Å². The number of rotatable bonds is 6. The molecule has 6 nitrogen and oxygen atoms in total. The second-order valence-corrected chi connectivity index (χ2v) is 6.33. The smallest absolute Gasteiger partial charge is 0.343 e. The summed E-state index contributed by atoms with van der Waals surface area (Å²) in [7, 11) is 1.41. The summed E-state index contributed by atoms with van der Waals surface area (Å²) >= 11 is 0. The molecule has 0 spiro atoms. The first-order valence-corrected chi connectivity index (χ1v) is 9.25. The minimum atomic E-state index is -0.607. The van der Waals surface area contributed by atoms with E-state index in [1.54, 1.807) is 12.1 Å². The third kappa shape index (κ3) is 4.83. The third-order valence-corrected chi connectivity index (χ3v) is 4.39. The first kappa shape index (κ1) is 20.6. The van der Waals surface area contributed by atoms with Crippen LogP contribution in [0.15, 0.2) is 66.7 Å². The van der Waals surface area contributed by atoms with Gasteiger partial charge in [0, 0.05) is 0 Å². The molecule has 3 aromatic carbocycles. The Hall–Kier alpha value is -4.11. The van der Waals surface area contributed by atoms with Crippen LogP contribution in [0.5, 0.6) is 17.2 Å². The van der Waals surface area contributed by atoms with E-state index < -0.39 is 11.9 Å². The number of hydrogen-bond acceptors (Lipinski definition) is 6. The van der Waals surface area contributed by atoms with Crippen LogP contribution in [0.25, 0.3) is 0 Å². The number of nitriles is 1. The van der Waals surface area contributed by atoms with E-state index in [1.807, 2.05) is 25.1 Å². The minimum Gasteiger partial charge on any atom is -0.493 e. The van der Waals surface area contributed by atoms with Crippen LogP contribution >= 0.6 is 0 Å². The van der Waals surface area contributed by atoms with Gasteiger partial charge in [0.2, 0.25) is 0 Å². The predicted octanol–water partition coefficient (Wildman–Crippen LogP) is 4.57. The SMILES string of the molecule is CCc1ccc(OC(=O)c2ccc(OC(=O)c3ccc(C#N)cc3)c(OC)c2)cc1. The van der Waals surface area contributed by atoms with Gasteiger partial charge in [-0.05, 0) is 66.6 Å². The van der Waals surface area contributed by atoms with Crippen LogP contribution in [0, 0.1) is 11.3 Å². The lowest BCUT2D eigenvalue weighted by molar-refractivity contribution is 0.0728. The minimum absolute atomic E-state index is 0.163. The molecule has 0 atom stereocenters. The second kappa shape index (κ2) is 9.39. The monoisotopic (exact) mass is 401 g/mol. The number of nitrogens with zero attached hydrogens (tertiary/aromatic N) is 1. The van der Waals surface area contributed by atoms with Crippen molar-refractivity contribution >= 4 is 11.9 Å². The van der Waals surface area contributed by atoms with Gasteiger partial charge in [-0.1, -0.05) is 19.1 Å². The summed E-state index contributed by atoms with van der Waals surface area (Å²) in [6, 6.07) is 19.7. The van der Waals surface area contributed by atoms with Crippen molar-refractivity contribution in [2.45, 2.75) is 13.3 Å². The first-order valence-electron chi connectivity index (χ1n) is 9.25. The van der Waals surface area contributed by atoms with Gasteiger partial charge in [-0.25, -0.2) is 9.59 Å². The predicted molar refractivity (Wildman–Crippen MR) is 110 cm³/mol. The molecule has 150 valence electrons. The van der Waals surface area contributed by atoms with Gasteiger partial charge in [0.1, 0.15) is 5.75 Å². The summed E-state index contributed by atoms with van der Waals surface area (Å²) in [6.07, 6.45) is 0.897. The number of methoxy groups -OCH3 is 1. The highest BCUT2D eigenvalue weighted by Gasteiger charge is 2.16. The fourth-order valence-corrected chi connectivity index (χ4v) is 2.68. The van der Waals surface area contributed by atoms with Crippen molar-refractivity contribution in [1.29, 1.82) is 5.26 Å². The molecule has 0 N–H and O–H groups in total. The van der Waals surface area contributed by atoms with Crippen molar-refractivity contribution in [1.82, 2.24) is 0 Å². The number of ether oxygens (including phenoxy) is 3. The van der Waals surface area contributed by atoms with Gasteiger partial charge in [0.15, 0.2) is 11.5 Å². The van der Waals surface area contributed by atoms with Crippen molar-refractivity contribution in [3.63, 3.8) is 0 Å².